The maximum atomic E-state index is 12.5. The van der Waals surface area contributed by atoms with Crippen LogP contribution in [-0.4, -0.2) is 64.6 Å². The van der Waals surface area contributed by atoms with Crippen molar-refractivity contribution in [2.45, 2.75) is 57.7 Å². The van der Waals surface area contributed by atoms with E-state index in [0.717, 1.165) is 44.7 Å². The van der Waals surface area contributed by atoms with Gasteiger partial charge < -0.3 is 14.7 Å². The Kier molecular flexibility index (Phi) is 8.60. The number of nitrogens with zero attached hydrogens (tertiary/aromatic N) is 4. The van der Waals surface area contributed by atoms with E-state index >= 15 is 0 Å². The highest BCUT2D eigenvalue weighted by Gasteiger charge is 2.33. The quantitative estimate of drug-likeness (QED) is 0.821. The number of nitrogens with one attached hydrogen (secondary N) is 1. The predicted octanol–water partition coefficient (Wildman–Crippen LogP) is 1.82. The Morgan fingerprint density at radius 1 is 1.40 bits per heavy atom. The van der Waals surface area contributed by atoms with E-state index in [1.54, 1.807) is 0 Å². The average Bonchev–Trinajstić information content (AvgIpc) is 3.27. The maximum absolute atomic E-state index is 12.5. The first-order valence-electron chi connectivity index (χ1n) is 8.59. The number of hydrogen-bond donors (Lipinski definition) is 1. The normalized spacial score (nSPS) is 23.0. The number of halogens is 2. The molecule has 25 heavy (non-hydrogen) atoms. The molecular weight excluding hydrogens is 365 g/mol. The van der Waals surface area contributed by atoms with Crippen LogP contribution < -0.4 is 5.32 Å². The lowest BCUT2D eigenvalue weighted by molar-refractivity contribution is -0.132. The molecule has 1 amide bonds. The lowest BCUT2D eigenvalue weighted by atomic mass is 10.2. The summed E-state index contributed by atoms with van der Waals surface area (Å²) < 4.78 is 5.26. The number of rotatable bonds is 5. The van der Waals surface area contributed by atoms with Crippen molar-refractivity contribution in [2.75, 3.05) is 26.7 Å². The monoisotopic (exact) mass is 393 g/mol. The summed E-state index contributed by atoms with van der Waals surface area (Å²) in [6.07, 6.45) is 3.07. The first-order chi connectivity index (χ1) is 11.0. The van der Waals surface area contributed by atoms with Gasteiger partial charge in [0.1, 0.15) is 0 Å². The first-order valence-corrected chi connectivity index (χ1v) is 8.59. The minimum absolute atomic E-state index is 0. The zero-order valence-electron chi connectivity index (χ0n) is 15.1. The van der Waals surface area contributed by atoms with Crippen LogP contribution in [0.1, 0.15) is 50.7 Å². The van der Waals surface area contributed by atoms with Gasteiger partial charge in [-0.05, 0) is 32.9 Å². The highest BCUT2D eigenvalue weighted by Crippen LogP contribution is 2.19. The van der Waals surface area contributed by atoms with Crippen LogP contribution in [0.4, 0.5) is 0 Å². The standard InChI is InChI=1S/C16H27N5O2.2ClH/c1-11(2)15-18-14(19-23-15)10-20(3)12-6-8-21(9-12)16(22)13-5-4-7-17-13;;/h11-13,17H,4-10H2,1-3H3;2*1H. The Morgan fingerprint density at radius 2 is 2.16 bits per heavy atom. The van der Waals surface area contributed by atoms with Crippen LogP contribution in [0.15, 0.2) is 4.52 Å². The van der Waals surface area contributed by atoms with Gasteiger partial charge in [-0.1, -0.05) is 19.0 Å². The van der Waals surface area contributed by atoms with Crippen LogP contribution in [0, 0.1) is 0 Å². The van der Waals surface area contributed by atoms with Crippen molar-refractivity contribution in [1.29, 1.82) is 0 Å². The third kappa shape index (κ3) is 5.29. The average molecular weight is 394 g/mol. The van der Waals surface area contributed by atoms with E-state index in [1.165, 1.54) is 0 Å². The molecule has 9 heteroatoms. The molecule has 2 aliphatic heterocycles. The zero-order valence-corrected chi connectivity index (χ0v) is 16.7. The third-order valence-corrected chi connectivity index (χ3v) is 4.83. The highest BCUT2D eigenvalue weighted by molar-refractivity contribution is 5.85. The summed E-state index contributed by atoms with van der Waals surface area (Å²) in [6.45, 7) is 7.34. The van der Waals surface area contributed by atoms with E-state index < -0.39 is 0 Å². The van der Waals surface area contributed by atoms with Crippen molar-refractivity contribution in [2.24, 2.45) is 0 Å². The molecule has 3 heterocycles. The van der Waals surface area contributed by atoms with Gasteiger partial charge in [-0.2, -0.15) is 4.98 Å². The molecule has 0 saturated carbocycles. The molecule has 0 radical (unpaired) electrons. The van der Waals surface area contributed by atoms with Gasteiger partial charge in [-0.15, -0.1) is 24.8 Å². The first kappa shape index (κ1) is 22.2. The molecule has 2 atom stereocenters. The van der Waals surface area contributed by atoms with E-state index in [4.69, 9.17) is 4.52 Å². The summed E-state index contributed by atoms with van der Waals surface area (Å²) in [7, 11) is 2.07. The number of aromatic nitrogens is 2. The van der Waals surface area contributed by atoms with Crippen molar-refractivity contribution in [1.82, 2.24) is 25.3 Å². The van der Waals surface area contributed by atoms with Crippen LogP contribution in [0.25, 0.3) is 0 Å². The van der Waals surface area contributed by atoms with Gasteiger partial charge in [0.25, 0.3) is 0 Å². The van der Waals surface area contributed by atoms with E-state index in [0.29, 0.717) is 18.5 Å². The Labute approximate surface area is 161 Å². The van der Waals surface area contributed by atoms with Crippen LogP contribution in [0.3, 0.4) is 0 Å². The van der Waals surface area contributed by atoms with Crippen LogP contribution in [0.2, 0.25) is 0 Å². The summed E-state index contributed by atoms with van der Waals surface area (Å²) in [5, 5.41) is 7.34. The van der Waals surface area contributed by atoms with Crippen LogP contribution in [-0.2, 0) is 11.3 Å². The number of carbonyl (C=O) groups is 1. The third-order valence-electron chi connectivity index (χ3n) is 4.83. The van der Waals surface area contributed by atoms with Crippen molar-refractivity contribution in [3.63, 3.8) is 0 Å². The zero-order chi connectivity index (χ0) is 16.4. The molecule has 1 N–H and O–H groups in total. The molecule has 3 rings (SSSR count). The summed E-state index contributed by atoms with van der Waals surface area (Å²) >= 11 is 0. The second kappa shape index (κ2) is 9.71. The van der Waals surface area contributed by atoms with Gasteiger partial charge in [-0.3, -0.25) is 9.69 Å². The van der Waals surface area contributed by atoms with Gasteiger partial charge in [0.05, 0.1) is 12.6 Å². The maximum Gasteiger partial charge on any atom is 0.239 e. The fraction of sp³-hybridized carbons (Fsp3) is 0.812. The number of likely N-dealkylation sites (tertiary alicyclic amines) is 1. The summed E-state index contributed by atoms with van der Waals surface area (Å²) in [5.41, 5.74) is 0. The second-order valence-corrected chi connectivity index (χ2v) is 6.99. The molecule has 2 aliphatic rings. The highest BCUT2D eigenvalue weighted by atomic mass is 35.5. The SMILES string of the molecule is CC(C)c1nc(CN(C)C2CCN(C(=O)C3CCCN3)C2)no1.Cl.Cl. The molecule has 2 saturated heterocycles. The van der Waals surface area contributed by atoms with Crippen molar-refractivity contribution >= 4 is 30.7 Å². The number of hydrogen-bond acceptors (Lipinski definition) is 6. The van der Waals surface area contributed by atoms with Gasteiger partial charge >= 0.3 is 0 Å². The summed E-state index contributed by atoms with van der Waals surface area (Å²) in [5.74, 6) is 1.92. The summed E-state index contributed by atoms with van der Waals surface area (Å²) in [4.78, 5) is 21.1. The molecule has 0 bridgehead atoms. The van der Waals surface area contributed by atoms with E-state index in [9.17, 15) is 4.79 Å². The van der Waals surface area contributed by atoms with Crippen molar-refractivity contribution in [3.8, 4) is 0 Å². The number of carbonyl (C=O) groups excluding carboxylic acids is 1. The Morgan fingerprint density at radius 3 is 2.76 bits per heavy atom. The number of likely N-dealkylation sites (N-methyl/N-ethyl adjacent to an activating group) is 1. The molecule has 7 nitrogen and oxygen atoms in total. The Hall–Kier alpha value is -0.890. The van der Waals surface area contributed by atoms with Gasteiger partial charge in [0.2, 0.25) is 11.8 Å². The fourth-order valence-corrected chi connectivity index (χ4v) is 3.34. The molecule has 2 unspecified atom stereocenters. The minimum Gasteiger partial charge on any atom is -0.340 e. The lowest BCUT2D eigenvalue weighted by Gasteiger charge is -2.24. The second-order valence-electron chi connectivity index (χ2n) is 6.99. The van der Waals surface area contributed by atoms with Gasteiger partial charge in [-0.25, -0.2) is 0 Å². The molecule has 2 fully saturated rings. The minimum atomic E-state index is 0. The molecule has 144 valence electrons. The molecule has 0 aliphatic carbocycles. The van der Waals surface area contributed by atoms with Crippen LogP contribution >= 0.6 is 24.8 Å². The predicted molar refractivity (Wildman–Crippen MR) is 100 cm³/mol. The topological polar surface area (TPSA) is 74.5 Å². The van der Waals surface area contributed by atoms with Crippen molar-refractivity contribution in [3.05, 3.63) is 11.7 Å². The van der Waals surface area contributed by atoms with Crippen molar-refractivity contribution < 1.29 is 9.32 Å². The Balaban J connectivity index is 0.00000156. The molecule has 1 aromatic heterocycles. The fourth-order valence-electron chi connectivity index (χ4n) is 3.34. The van der Waals surface area contributed by atoms with E-state index in [1.807, 2.05) is 18.7 Å². The van der Waals surface area contributed by atoms with Crippen LogP contribution in [0.5, 0.6) is 0 Å². The lowest BCUT2D eigenvalue weighted by Crippen LogP contribution is -2.44. The van der Waals surface area contributed by atoms with E-state index in [2.05, 4.69) is 27.4 Å². The molecular formula is C16H29Cl2N5O2. The van der Waals surface area contributed by atoms with E-state index in [-0.39, 0.29) is 42.7 Å². The van der Waals surface area contributed by atoms with Gasteiger partial charge in [0.15, 0.2) is 5.82 Å². The number of amides is 1. The smallest absolute Gasteiger partial charge is 0.239 e. The largest absolute Gasteiger partial charge is 0.340 e. The summed E-state index contributed by atoms with van der Waals surface area (Å²) in [6, 6.07) is 0.395. The molecule has 1 aromatic rings. The Bertz CT molecular complexity index is 548. The molecule has 0 aromatic carbocycles. The molecule has 0 spiro atoms. The van der Waals surface area contributed by atoms with Gasteiger partial charge in [0, 0.05) is 25.0 Å².